The van der Waals surface area contributed by atoms with E-state index in [1.54, 1.807) is 0 Å². The van der Waals surface area contributed by atoms with Gasteiger partial charge in [-0.15, -0.1) is 0 Å². The van der Waals surface area contributed by atoms with Crippen LogP contribution in [0.5, 0.6) is 0 Å². The molecule has 15 heavy (non-hydrogen) atoms. The summed E-state index contributed by atoms with van der Waals surface area (Å²) < 4.78 is 4.68. The molecule has 0 heterocycles. The van der Waals surface area contributed by atoms with Crippen molar-refractivity contribution in [3.8, 4) is 0 Å². The van der Waals surface area contributed by atoms with Crippen LogP contribution < -0.4 is 0 Å². The molecule has 1 N–H and O–H groups in total. The number of carbonyl (C=O) groups is 1. The minimum absolute atomic E-state index is 0.249. The third kappa shape index (κ3) is 1.78. The summed E-state index contributed by atoms with van der Waals surface area (Å²) in [6, 6.07) is 0. The Morgan fingerprint density at radius 2 is 2.20 bits per heavy atom. The van der Waals surface area contributed by atoms with E-state index in [1.165, 1.54) is 19.1 Å². The molecule has 0 aromatic heterocycles. The van der Waals surface area contributed by atoms with Gasteiger partial charge < -0.3 is 9.84 Å². The van der Waals surface area contributed by atoms with E-state index < -0.39 is 5.92 Å². The van der Waals surface area contributed by atoms with E-state index in [0.717, 1.165) is 24.8 Å². The molecule has 2 aliphatic rings. The van der Waals surface area contributed by atoms with Gasteiger partial charge in [0.2, 0.25) is 0 Å². The van der Waals surface area contributed by atoms with Crippen molar-refractivity contribution in [3.05, 3.63) is 23.0 Å². The highest BCUT2D eigenvalue weighted by molar-refractivity contribution is 5.76. The Labute approximate surface area is 89.4 Å². The molecule has 0 amide bonds. The van der Waals surface area contributed by atoms with Gasteiger partial charge in [-0.2, -0.15) is 0 Å². The molecule has 0 aliphatic heterocycles. The quantitative estimate of drug-likeness (QED) is 0.673. The normalized spacial score (nSPS) is 25.7. The van der Waals surface area contributed by atoms with Crippen LogP contribution in [-0.4, -0.2) is 18.2 Å². The Bertz CT molecular complexity index is 339. The molecular weight excluding hydrogens is 192 g/mol. The van der Waals surface area contributed by atoms with Gasteiger partial charge in [-0.05, 0) is 43.3 Å². The molecule has 1 fully saturated rings. The molecular formula is C12H16O3. The van der Waals surface area contributed by atoms with Gasteiger partial charge in [0.05, 0.1) is 7.11 Å². The maximum absolute atomic E-state index is 11.4. The van der Waals surface area contributed by atoms with Crippen LogP contribution in [-0.2, 0) is 9.53 Å². The number of methoxy groups -OCH3 is 1. The van der Waals surface area contributed by atoms with Crippen molar-refractivity contribution in [1.29, 1.82) is 0 Å². The van der Waals surface area contributed by atoms with E-state index in [9.17, 15) is 9.90 Å². The molecule has 0 aromatic carbocycles. The van der Waals surface area contributed by atoms with Crippen molar-refractivity contribution in [1.82, 2.24) is 0 Å². The number of aliphatic hydroxyl groups excluding tert-OH is 1. The largest absolute Gasteiger partial charge is 0.511 e. The summed E-state index contributed by atoms with van der Waals surface area (Å²) in [4.78, 5) is 11.4. The SMILES string of the molecule is COC(=O)C1CC=C2CCCCC2=C1O. The lowest BCUT2D eigenvalue weighted by Crippen LogP contribution is -2.23. The van der Waals surface area contributed by atoms with Crippen LogP contribution in [0.25, 0.3) is 0 Å². The van der Waals surface area contributed by atoms with Crippen LogP contribution in [0.4, 0.5) is 0 Å². The van der Waals surface area contributed by atoms with Crippen LogP contribution in [0, 0.1) is 5.92 Å². The van der Waals surface area contributed by atoms with E-state index in [-0.39, 0.29) is 11.7 Å². The molecule has 0 aromatic rings. The average Bonchev–Trinajstić information content (AvgIpc) is 2.29. The minimum atomic E-state index is -0.466. The van der Waals surface area contributed by atoms with Gasteiger partial charge >= 0.3 is 5.97 Å². The lowest BCUT2D eigenvalue weighted by atomic mass is 9.80. The molecule has 0 saturated heterocycles. The zero-order chi connectivity index (χ0) is 10.8. The number of aliphatic hydroxyl groups is 1. The number of ether oxygens (including phenoxy) is 1. The summed E-state index contributed by atoms with van der Waals surface area (Å²) in [5.41, 5.74) is 2.22. The molecule has 1 atom stereocenters. The summed E-state index contributed by atoms with van der Waals surface area (Å²) in [6.07, 6.45) is 6.88. The summed E-state index contributed by atoms with van der Waals surface area (Å²) >= 11 is 0. The number of hydrogen-bond acceptors (Lipinski definition) is 3. The first-order chi connectivity index (χ1) is 7.24. The highest BCUT2D eigenvalue weighted by Crippen LogP contribution is 2.37. The Morgan fingerprint density at radius 3 is 2.93 bits per heavy atom. The van der Waals surface area contributed by atoms with Crippen LogP contribution >= 0.6 is 0 Å². The van der Waals surface area contributed by atoms with Crippen LogP contribution in [0.2, 0.25) is 0 Å². The molecule has 3 heteroatoms. The maximum atomic E-state index is 11.4. The smallest absolute Gasteiger partial charge is 0.316 e. The summed E-state index contributed by atoms with van der Waals surface area (Å²) in [5.74, 6) is -0.549. The monoisotopic (exact) mass is 208 g/mol. The Hall–Kier alpha value is -1.25. The second-order valence-electron chi connectivity index (χ2n) is 4.11. The fourth-order valence-electron chi connectivity index (χ4n) is 2.38. The molecule has 2 aliphatic carbocycles. The summed E-state index contributed by atoms with van der Waals surface area (Å²) in [7, 11) is 1.36. The Kier molecular flexibility index (Phi) is 2.80. The zero-order valence-electron chi connectivity index (χ0n) is 8.95. The number of hydrogen-bond donors (Lipinski definition) is 1. The van der Waals surface area contributed by atoms with E-state index in [2.05, 4.69) is 10.8 Å². The van der Waals surface area contributed by atoms with Gasteiger partial charge in [0, 0.05) is 0 Å². The van der Waals surface area contributed by atoms with Crippen molar-refractivity contribution in [2.45, 2.75) is 32.1 Å². The van der Waals surface area contributed by atoms with E-state index in [1.807, 2.05) is 0 Å². The van der Waals surface area contributed by atoms with Gasteiger partial charge in [-0.25, -0.2) is 0 Å². The molecule has 0 bridgehead atoms. The van der Waals surface area contributed by atoms with Crippen LogP contribution in [0.15, 0.2) is 23.0 Å². The summed E-state index contributed by atoms with van der Waals surface area (Å²) in [6.45, 7) is 0. The van der Waals surface area contributed by atoms with Crippen molar-refractivity contribution in [3.63, 3.8) is 0 Å². The number of carbonyl (C=O) groups excluding carboxylic acids is 1. The molecule has 1 unspecified atom stereocenters. The van der Waals surface area contributed by atoms with Gasteiger partial charge in [0.1, 0.15) is 11.7 Å². The first-order valence-corrected chi connectivity index (χ1v) is 5.43. The minimum Gasteiger partial charge on any atom is -0.511 e. The number of fused-ring (bicyclic) bond motifs is 1. The van der Waals surface area contributed by atoms with Crippen LogP contribution in [0.3, 0.4) is 0 Å². The fourth-order valence-corrected chi connectivity index (χ4v) is 2.38. The zero-order valence-corrected chi connectivity index (χ0v) is 8.95. The number of allylic oxidation sites excluding steroid dienone is 3. The second-order valence-corrected chi connectivity index (χ2v) is 4.11. The third-order valence-corrected chi connectivity index (χ3v) is 3.24. The standard InChI is InChI=1S/C12H16O3/c1-15-12(14)10-7-6-8-4-2-3-5-9(8)11(10)13/h6,10,13H,2-5,7H2,1H3. The molecule has 0 spiro atoms. The van der Waals surface area contributed by atoms with Crippen molar-refractivity contribution < 1.29 is 14.6 Å². The first kappa shape index (κ1) is 10.3. The second kappa shape index (κ2) is 4.09. The Morgan fingerprint density at radius 1 is 1.47 bits per heavy atom. The highest BCUT2D eigenvalue weighted by atomic mass is 16.5. The summed E-state index contributed by atoms with van der Waals surface area (Å²) in [5, 5.41) is 10.0. The van der Waals surface area contributed by atoms with E-state index in [0.29, 0.717) is 6.42 Å². The third-order valence-electron chi connectivity index (χ3n) is 3.24. The van der Waals surface area contributed by atoms with Gasteiger partial charge in [-0.3, -0.25) is 4.79 Å². The van der Waals surface area contributed by atoms with E-state index >= 15 is 0 Å². The van der Waals surface area contributed by atoms with Crippen LogP contribution in [0.1, 0.15) is 32.1 Å². The average molecular weight is 208 g/mol. The topological polar surface area (TPSA) is 46.5 Å². The van der Waals surface area contributed by atoms with Gasteiger partial charge in [0.15, 0.2) is 0 Å². The van der Waals surface area contributed by atoms with Crippen molar-refractivity contribution in [2.75, 3.05) is 7.11 Å². The highest BCUT2D eigenvalue weighted by Gasteiger charge is 2.30. The Balaban J connectivity index is 2.26. The maximum Gasteiger partial charge on any atom is 0.316 e. The predicted molar refractivity (Wildman–Crippen MR) is 56.3 cm³/mol. The van der Waals surface area contributed by atoms with Crippen molar-refractivity contribution >= 4 is 5.97 Å². The lowest BCUT2D eigenvalue weighted by Gasteiger charge is -2.26. The molecule has 3 nitrogen and oxygen atoms in total. The van der Waals surface area contributed by atoms with Crippen molar-refractivity contribution in [2.24, 2.45) is 5.92 Å². The number of esters is 1. The van der Waals surface area contributed by atoms with Gasteiger partial charge in [0.25, 0.3) is 0 Å². The predicted octanol–water partition coefficient (Wildman–Crippen LogP) is 2.49. The lowest BCUT2D eigenvalue weighted by molar-refractivity contribution is -0.145. The fraction of sp³-hybridized carbons (Fsp3) is 0.583. The molecule has 2 rings (SSSR count). The molecule has 1 saturated carbocycles. The molecule has 0 radical (unpaired) electrons. The number of rotatable bonds is 1. The first-order valence-electron chi connectivity index (χ1n) is 5.43. The van der Waals surface area contributed by atoms with Gasteiger partial charge in [-0.1, -0.05) is 6.08 Å². The van der Waals surface area contributed by atoms with E-state index in [4.69, 9.17) is 0 Å². The molecule has 82 valence electrons.